The molecule has 0 radical (unpaired) electrons. The predicted octanol–water partition coefficient (Wildman–Crippen LogP) is 3.74. The Labute approximate surface area is 142 Å². The van der Waals surface area contributed by atoms with Gasteiger partial charge in [-0.1, -0.05) is 42.5 Å². The molecule has 0 aliphatic heterocycles. The van der Waals surface area contributed by atoms with E-state index in [2.05, 4.69) is 29.6 Å². The second-order valence-electron chi connectivity index (χ2n) is 6.11. The number of rotatable bonds is 6. The van der Waals surface area contributed by atoms with Crippen molar-refractivity contribution in [1.82, 2.24) is 10.2 Å². The standard InChI is InChI=1S/C20H22N2O2/c1-15(18-11-5-8-16-7-3-4-10-19(16)18)21-20(23)14-22(2)13-17-9-6-12-24-17/h3-12,15H,13-14H2,1-2H3,(H,21,23). The number of nitrogens with zero attached hydrogens (tertiary/aromatic N) is 1. The van der Waals surface area contributed by atoms with Gasteiger partial charge in [-0.2, -0.15) is 0 Å². The summed E-state index contributed by atoms with van der Waals surface area (Å²) in [4.78, 5) is 14.3. The van der Waals surface area contributed by atoms with Crippen LogP contribution in [-0.2, 0) is 11.3 Å². The van der Waals surface area contributed by atoms with Crippen LogP contribution < -0.4 is 5.32 Å². The Kier molecular flexibility index (Phi) is 4.96. The minimum Gasteiger partial charge on any atom is -0.468 e. The first-order valence-corrected chi connectivity index (χ1v) is 8.11. The summed E-state index contributed by atoms with van der Waals surface area (Å²) in [6, 6.07) is 18.1. The zero-order chi connectivity index (χ0) is 16.9. The second kappa shape index (κ2) is 7.32. The third-order valence-electron chi connectivity index (χ3n) is 4.09. The van der Waals surface area contributed by atoms with E-state index < -0.39 is 0 Å². The maximum atomic E-state index is 12.3. The Bertz CT molecular complexity index is 806. The van der Waals surface area contributed by atoms with Crippen LogP contribution in [0.5, 0.6) is 0 Å². The number of furan rings is 1. The molecule has 1 amide bonds. The highest BCUT2D eigenvalue weighted by Gasteiger charge is 2.14. The van der Waals surface area contributed by atoms with Gasteiger partial charge in [0.1, 0.15) is 5.76 Å². The van der Waals surface area contributed by atoms with Crippen LogP contribution in [0.15, 0.2) is 65.3 Å². The minimum atomic E-state index is -0.0411. The summed E-state index contributed by atoms with van der Waals surface area (Å²) in [6.45, 7) is 2.96. The molecule has 1 atom stereocenters. The zero-order valence-corrected chi connectivity index (χ0v) is 14.0. The van der Waals surface area contributed by atoms with Gasteiger partial charge in [0.05, 0.1) is 25.4 Å². The summed E-state index contributed by atoms with van der Waals surface area (Å²) in [5.41, 5.74) is 1.13. The largest absolute Gasteiger partial charge is 0.468 e. The van der Waals surface area contributed by atoms with E-state index in [1.54, 1.807) is 6.26 Å². The van der Waals surface area contributed by atoms with Crippen molar-refractivity contribution < 1.29 is 9.21 Å². The van der Waals surface area contributed by atoms with E-state index in [1.807, 2.05) is 49.2 Å². The Morgan fingerprint density at radius 1 is 1.12 bits per heavy atom. The first-order valence-electron chi connectivity index (χ1n) is 8.11. The molecule has 0 fully saturated rings. The monoisotopic (exact) mass is 322 g/mol. The number of hydrogen-bond acceptors (Lipinski definition) is 3. The van der Waals surface area contributed by atoms with Crippen molar-refractivity contribution in [3.63, 3.8) is 0 Å². The van der Waals surface area contributed by atoms with Gasteiger partial charge in [0, 0.05) is 0 Å². The van der Waals surface area contributed by atoms with Crippen LogP contribution >= 0.6 is 0 Å². The Hall–Kier alpha value is -2.59. The lowest BCUT2D eigenvalue weighted by Gasteiger charge is -2.19. The summed E-state index contributed by atoms with van der Waals surface area (Å²) < 4.78 is 5.31. The van der Waals surface area contributed by atoms with Crippen LogP contribution in [0, 0.1) is 0 Å². The smallest absolute Gasteiger partial charge is 0.234 e. The maximum absolute atomic E-state index is 12.3. The zero-order valence-electron chi connectivity index (χ0n) is 14.0. The molecule has 0 saturated carbocycles. The molecular weight excluding hydrogens is 300 g/mol. The maximum Gasteiger partial charge on any atom is 0.234 e. The molecule has 0 bridgehead atoms. The summed E-state index contributed by atoms with van der Waals surface area (Å²) in [7, 11) is 1.91. The molecule has 4 heteroatoms. The van der Waals surface area contributed by atoms with Crippen LogP contribution in [0.1, 0.15) is 24.3 Å². The van der Waals surface area contributed by atoms with Gasteiger partial charge in [0.2, 0.25) is 5.91 Å². The molecule has 0 aliphatic rings. The van der Waals surface area contributed by atoms with Crippen LogP contribution in [0.25, 0.3) is 10.8 Å². The van der Waals surface area contributed by atoms with Crippen molar-refractivity contribution in [2.45, 2.75) is 19.5 Å². The molecule has 1 unspecified atom stereocenters. The van der Waals surface area contributed by atoms with Gasteiger partial charge in [-0.3, -0.25) is 9.69 Å². The van der Waals surface area contributed by atoms with Crippen LogP contribution in [0.3, 0.4) is 0 Å². The Morgan fingerprint density at radius 3 is 2.71 bits per heavy atom. The van der Waals surface area contributed by atoms with Crippen molar-refractivity contribution in [2.75, 3.05) is 13.6 Å². The summed E-state index contributed by atoms with van der Waals surface area (Å²) >= 11 is 0. The number of fused-ring (bicyclic) bond motifs is 1. The van der Waals surface area contributed by atoms with E-state index in [1.165, 1.54) is 10.8 Å². The highest BCUT2D eigenvalue weighted by molar-refractivity contribution is 5.87. The molecule has 1 heterocycles. The van der Waals surface area contributed by atoms with Crippen molar-refractivity contribution in [3.05, 3.63) is 72.2 Å². The van der Waals surface area contributed by atoms with Crippen molar-refractivity contribution in [1.29, 1.82) is 0 Å². The van der Waals surface area contributed by atoms with E-state index in [4.69, 9.17) is 4.42 Å². The molecule has 1 N–H and O–H groups in total. The summed E-state index contributed by atoms with van der Waals surface area (Å²) in [5.74, 6) is 0.858. The first kappa shape index (κ1) is 16.3. The van der Waals surface area contributed by atoms with E-state index in [-0.39, 0.29) is 11.9 Å². The van der Waals surface area contributed by atoms with Crippen LogP contribution in [-0.4, -0.2) is 24.4 Å². The van der Waals surface area contributed by atoms with E-state index in [0.29, 0.717) is 13.1 Å². The normalized spacial score (nSPS) is 12.5. The molecule has 0 saturated heterocycles. The van der Waals surface area contributed by atoms with Gasteiger partial charge < -0.3 is 9.73 Å². The highest BCUT2D eigenvalue weighted by Crippen LogP contribution is 2.23. The third kappa shape index (κ3) is 3.84. The van der Waals surface area contributed by atoms with Crippen LogP contribution in [0.4, 0.5) is 0 Å². The number of benzene rings is 2. The van der Waals surface area contributed by atoms with Gasteiger partial charge in [-0.25, -0.2) is 0 Å². The number of nitrogens with one attached hydrogen (secondary N) is 1. The molecular formula is C20H22N2O2. The molecule has 124 valence electrons. The molecule has 3 aromatic rings. The van der Waals surface area contributed by atoms with Gasteiger partial charge >= 0.3 is 0 Å². The third-order valence-corrected chi connectivity index (χ3v) is 4.09. The lowest BCUT2D eigenvalue weighted by molar-refractivity contribution is -0.122. The lowest BCUT2D eigenvalue weighted by atomic mass is 10.00. The number of carbonyl (C=O) groups is 1. The molecule has 24 heavy (non-hydrogen) atoms. The van der Waals surface area contributed by atoms with Gasteiger partial charge in [0.15, 0.2) is 0 Å². The number of likely N-dealkylation sites (N-methyl/N-ethyl adjacent to an activating group) is 1. The summed E-state index contributed by atoms with van der Waals surface area (Å²) in [5, 5.41) is 5.45. The van der Waals surface area contributed by atoms with Gasteiger partial charge in [-0.05, 0) is 42.4 Å². The molecule has 1 aromatic heterocycles. The first-order chi connectivity index (χ1) is 11.6. The predicted molar refractivity (Wildman–Crippen MR) is 95.5 cm³/mol. The number of carbonyl (C=O) groups excluding carboxylic acids is 1. The van der Waals surface area contributed by atoms with Crippen molar-refractivity contribution in [2.24, 2.45) is 0 Å². The van der Waals surface area contributed by atoms with Gasteiger partial charge in [-0.15, -0.1) is 0 Å². The van der Waals surface area contributed by atoms with Gasteiger partial charge in [0.25, 0.3) is 0 Å². The number of amides is 1. The fraction of sp³-hybridized carbons (Fsp3) is 0.250. The van der Waals surface area contributed by atoms with E-state index in [9.17, 15) is 4.79 Å². The fourth-order valence-corrected chi connectivity index (χ4v) is 2.96. The topological polar surface area (TPSA) is 45.5 Å². The molecule has 3 rings (SSSR count). The van der Waals surface area contributed by atoms with E-state index in [0.717, 1.165) is 11.3 Å². The quantitative estimate of drug-likeness (QED) is 0.752. The van der Waals surface area contributed by atoms with Crippen molar-refractivity contribution >= 4 is 16.7 Å². The minimum absolute atomic E-state index is 0.00416. The Balaban J connectivity index is 1.63. The average Bonchev–Trinajstić information content (AvgIpc) is 3.06. The molecule has 0 spiro atoms. The van der Waals surface area contributed by atoms with Crippen LogP contribution in [0.2, 0.25) is 0 Å². The number of hydrogen-bond donors (Lipinski definition) is 1. The van der Waals surface area contributed by atoms with Crippen molar-refractivity contribution in [3.8, 4) is 0 Å². The SMILES string of the molecule is CC(NC(=O)CN(C)Cc1ccco1)c1cccc2ccccc12. The fourth-order valence-electron chi connectivity index (χ4n) is 2.96. The summed E-state index contributed by atoms with van der Waals surface area (Å²) in [6.07, 6.45) is 1.64. The second-order valence-corrected chi connectivity index (χ2v) is 6.11. The van der Waals surface area contributed by atoms with E-state index >= 15 is 0 Å². The molecule has 2 aromatic carbocycles. The molecule has 0 aliphatic carbocycles. The average molecular weight is 322 g/mol. The Morgan fingerprint density at radius 2 is 1.92 bits per heavy atom. The highest BCUT2D eigenvalue weighted by atomic mass is 16.3. The lowest BCUT2D eigenvalue weighted by Crippen LogP contribution is -2.36. The molecule has 4 nitrogen and oxygen atoms in total.